The Morgan fingerprint density at radius 3 is 2.97 bits per heavy atom. The van der Waals surface area contributed by atoms with Crippen LogP contribution >= 0.6 is 7.75 Å². The Hall–Kier alpha value is -1.82. The molecule has 3 aliphatic rings. The van der Waals surface area contributed by atoms with Crippen LogP contribution in [0.25, 0.3) is 0 Å². The number of ether oxygens (including phenoxy) is 2. The van der Waals surface area contributed by atoms with Crippen molar-refractivity contribution in [2.24, 2.45) is 5.41 Å². The number of nitrogens with one attached hydrogen (secondary N) is 2. The van der Waals surface area contributed by atoms with E-state index in [0.29, 0.717) is 0 Å². The maximum atomic E-state index is 12.9. The van der Waals surface area contributed by atoms with Crippen LogP contribution in [0.4, 0.5) is 0 Å². The van der Waals surface area contributed by atoms with Gasteiger partial charge in [0.25, 0.3) is 5.56 Å². The van der Waals surface area contributed by atoms with E-state index >= 15 is 0 Å². The molecule has 1 saturated carbocycles. The van der Waals surface area contributed by atoms with E-state index in [4.69, 9.17) is 18.5 Å². The number of aliphatic hydroxyl groups is 1. The van der Waals surface area contributed by atoms with Crippen molar-refractivity contribution in [1.29, 1.82) is 0 Å². The molecule has 2 unspecified atom stereocenters. The summed E-state index contributed by atoms with van der Waals surface area (Å²) in [5.74, 6) is -0.573. The topological polar surface area (TPSA) is 158 Å². The highest BCUT2D eigenvalue weighted by Crippen LogP contribution is 2.70. The van der Waals surface area contributed by atoms with Gasteiger partial charge in [0.15, 0.2) is 6.23 Å². The molecule has 1 aromatic heterocycles. The van der Waals surface area contributed by atoms with Gasteiger partial charge in [0, 0.05) is 12.3 Å². The van der Waals surface area contributed by atoms with Crippen molar-refractivity contribution in [2.45, 2.75) is 57.3 Å². The third-order valence-corrected chi connectivity index (χ3v) is 7.32. The standard InChI is InChI=1S/C17H24N3O9P/c1-3-4-7-26-15(23)9(2)19-30(25)27-8-17-11(22)14(28-12(17)13(17)29-30)20-6-5-10(21)18-16(20)24/h5-6,9,11-14,22H,3-4,7-8H2,1-2H3,(H,19,25)(H,18,21,24)/t9-,11-,12+,13?,14+,17+,30?/m0/s1. The zero-order valence-electron chi connectivity index (χ0n) is 16.5. The quantitative estimate of drug-likeness (QED) is 0.287. The first-order valence-corrected chi connectivity index (χ1v) is 11.3. The van der Waals surface area contributed by atoms with Crippen LogP contribution < -0.4 is 16.3 Å². The maximum absolute atomic E-state index is 12.9. The summed E-state index contributed by atoms with van der Waals surface area (Å²) in [7, 11) is -3.83. The summed E-state index contributed by atoms with van der Waals surface area (Å²) in [6.07, 6.45) is -0.779. The van der Waals surface area contributed by atoms with Gasteiger partial charge in [0.05, 0.1) is 18.6 Å². The number of carbonyl (C=O) groups is 1. The predicted octanol–water partition coefficient (Wildman–Crippen LogP) is -0.360. The van der Waals surface area contributed by atoms with Gasteiger partial charge in [-0.2, -0.15) is 0 Å². The summed E-state index contributed by atoms with van der Waals surface area (Å²) in [5.41, 5.74) is -2.27. The van der Waals surface area contributed by atoms with E-state index in [9.17, 15) is 24.1 Å². The van der Waals surface area contributed by atoms with Crippen molar-refractivity contribution in [3.8, 4) is 0 Å². The number of esters is 1. The van der Waals surface area contributed by atoms with Crippen molar-refractivity contribution < 1.29 is 33.0 Å². The molecule has 2 aliphatic heterocycles. The lowest BCUT2D eigenvalue weighted by atomic mass is 9.99. The van der Waals surface area contributed by atoms with E-state index < -0.39 is 61.0 Å². The molecule has 3 fully saturated rings. The molecule has 3 heterocycles. The first-order valence-electron chi connectivity index (χ1n) is 9.74. The molecule has 1 spiro atoms. The molecule has 13 heteroatoms. The summed E-state index contributed by atoms with van der Waals surface area (Å²) in [4.78, 5) is 37.3. The van der Waals surface area contributed by atoms with Gasteiger partial charge in [0.2, 0.25) is 0 Å². The smallest absolute Gasteiger partial charge is 0.406 e. The number of unbranched alkanes of at least 4 members (excludes halogenated alkanes) is 1. The molecule has 30 heavy (non-hydrogen) atoms. The zero-order valence-corrected chi connectivity index (χ0v) is 17.4. The van der Waals surface area contributed by atoms with Crippen LogP contribution in [0, 0.1) is 5.41 Å². The third-order valence-electron chi connectivity index (χ3n) is 5.64. The Kier molecular flexibility index (Phi) is 5.50. The van der Waals surface area contributed by atoms with E-state index in [1.165, 1.54) is 13.1 Å². The van der Waals surface area contributed by atoms with Gasteiger partial charge in [-0.15, -0.1) is 0 Å². The van der Waals surface area contributed by atoms with E-state index in [0.717, 1.165) is 23.5 Å². The number of rotatable bonds is 7. The minimum absolute atomic E-state index is 0.153. The lowest BCUT2D eigenvalue weighted by Crippen LogP contribution is -2.43. The van der Waals surface area contributed by atoms with Crippen LogP contribution in [0.3, 0.4) is 0 Å². The molecular weight excluding hydrogens is 421 g/mol. The number of aromatic nitrogens is 2. The highest BCUT2D eigenvalue weighted by molar-refractivity contribution is 7.51. The Morgan fingerprint density at radius 1 is 1.50 bits per heavy atom. The van der Waals surface area contributed by atoms with Crippen LogP contribution in [-0.4, -0.2) is 58.2 Å². The lowest BCUT2D eigenvalue weighted by Gasteiger charge is -2.33. The van der Waals surface area contributed by atoms with E-state index in [-0.39, 0.29) is 13.2 Å². The maximum Gasteiger partial charge on any atom is 0.406 e. The van der Waals surface area contributed by atoms with Crippen molar-refractivity contribution in [3.63, 3.8) is 0 Å². The van der Waals surface area contributed by atoms with Gasteiger partial charge in [-0.05, 0) is 13.3 Å². The van der Waals surface area contributed by atoms with Gasteiger partial charge in [-0.1, -0.05) is 13.3 Å². The highest BCUT2D eigenvalue weighted by atomic mass is 31.2. The van der Waals surface area contributed by atoms with Crippen molar-refractivity contribution in [1.82, 2.24) is 14.6 Å². The lowest BCUT2D eigenvalue weighted by molar-refractivity contribution is -0.145. The summed E-state index contributed by atoms with van der Waals surface area (Å²) < 4.78 is 35.7. The summed E-state index contributed by atoms with van der Waals surface area (Å²) in [6.45, 7) is 3.57. The number of carbonyl (C=O) groups excluding carboxylic acids is 1. The van der Waals surface area contributed by atoms with Gasteiger partial charge in [-0.3, -0.25) is 28.2 Å². The largest absolute Gasteiger partial charge is 0.465 e. The normalized spacial score (nSPS) is 37.8. The molecule has 166 valence electrons. The van der Waals surface area contributed by atoms with Crippen molar-refractivity contribution in [2.75, 3.05) is 13.2 Å². The summed E-state index contributed by atoms with van der Waals surface area (Å²) in [6, 6.07) is 0.224. The molecule has 0 radical (unpaired) electrons. The van der Waals surface area contributed by atoms with E-state index in [1.807, 2.05) is 6.92 Å². The van der Waals surface area contributed by atoms with E-state index in [1.54, 1.807) is 0 Å². The number of hydrogen-bond donors (Lipinski definition) is 3. The SMILES string of the molecule is CCCCOC(=O)[C@H](C)NP1(=O)OC[C@]23C(O1)[C@H]2O[C@@H](n1ccc(=O)[nH]c1=O)[C@@H]3O. The average molecular weight is 445 g/mol. The molecular formula is C17H24N3O9P. The van der Waals surface area contributed by atoms with Crippen molar-refractivity contribution in [3.05, 3.63) is 33.1 Å². The minimum atomic E-state index is -3.83. The van der Waals surface area contributed by atoms with Crippen molar-refractivity contribution >= 4 is 13.7 Å². The van der Waals surface area contributed by atoms with Gasteiger partial charge in [-0.25, -0.2) is 14.4 Å². The zero-order chi connectivity index (χ0) is 21.7. The molecule has 0 bridgehead atoms. The second kappa shape index (κ2) is 7.70. The van der Waals surface area contributed by atoms with E-state index in [2.05, 4.69) is 10.1 Å². The highest BCUT2D eigenvalue weighted by Gasteiger charge is 2.81. The van der Waals surface area contributed by atoms with Crippen LogP contribution in [0.1, 0.15) is 32.9 Å². The first-order chi connectivity index (χ1) is 14.2. The van der Waals surface area contributed by atoms with Crippen LogP contribution in [0.5, 0.6) is 0 Å². The van der Waals surface area contributed by atoms with Gasteiger partial charge in [0.1, 0.15) is 24.4 Å². The Balaban J connectivity index is 1.40. The Labute approximate surface area is 171 Å². The van der Waals surface area contributed by atoms with Crippen LogP contribution in [0.15, 0.2) is 21.9 Å². The molecule has 7 atom stereocenters. The molecule has 12 nitrogen and oxygen atoms in total. The molecule has 4 rings (SSSR count). The monoisotopic (exact) mass is 445 g/mol. The predicted molar refractivity (Wildman–Crippen MR) is 101 cm³/mol. The fourth-order valence-corrected chi connectivity index (χ4v) is 5.61. The van der Waals surface area contributed by atoms with Gasteiger partial charge < -0.3 is 14.6 Å². The van der Waals surface area contributed by atoms with Gasteiger partial charge >= 0.3 is 19.4 Å². The number of aromatic amines is 1. The first kappa shape index (κ1) is 21.4. The second-order valence-electron chi connectivity index (χ2n) is 7.69. The molecule has 0 amide bonds. The van der Waals surface area contributed by atoms with Crippen LogP contribution in [0.2, 0.25) is 0 Å². The molecule has 3 N–H and O–H groups in total. The summed E-state index contributed by atoms with van der Waals surface area (Å²) >= 11 is 0. The number of fused-ring (bicyclic) bond motifs is 1. The molecule has 2 saturated heterocycles. The third kappa shape index (κ3) is 3.47. The number of H-pyrrole nitrogens is 1. The summed E-state index contributed by atoms with van der Waals surface area (Å²) in [5, 5.41) is 13.3. The molecule has 0 aromatic carbocycles. The Bertz CT molecular complexity index is 993. The molecule has 1 aromatic rings. The second-order valence-corrected chi connectivity index (χ2v) is 9.41. The number of hydrogen-bond acceptors (Lipinski definition) is 9. The molecule has 1 aliphatic carbocycles. The number of nitrogens with zero attached hydrogens (tertiary/aromatic N) is 1. The number of aliphatic hydroxyl groups excluding tert-OH is 1. The minimum Gasteiger partial charge on any atom is -0.465 e. The Morgan fingerprint density at radius 2 is 2.27 bits per heavy atom. The van der Waals surface area contributed by atoms with Crippen LogP contribution in [-0.2, 0) is 27.9 Å². The fourth-order valence-electron chi connectivity index (χ4n) is 3.84. The average Bonchev–Trinajstić information content (AvgIpc) is 3.21. The fraction of sp³-hybridized carbons (Fsp3) is 0.706.